The lowest BCUT2D eigenvalue weighted by Crippen LogP contribution is -2.59. The predicted octanol–water partition coefficient (Wildman–Crippen LogP) is 1.74. The van der Waals surface area contributed by atoms with E-state index in [2.05, 4.69) is 16.0 Å². The van der Waals surface area contributed by atoms with Gasteiger partial charge in [0.25, 0.3) is 0 Å². The fourth-order valence-electron chi connectivity index (χ4n) is 3.19. The fourth-order valence-corrected chi connectivity index (χ4v) is 3.67. The maximum absolute atomic E-state index is 13.1. The molecule has 6 unspecified atom stereocenters. The average Bonchev–Trinajstić information content (AvgIpc) is 2.76. The molecule has 0 aromatic heterocycles. The Morgan fingerprint density at radius 1 is 0.848 bits per heavy atom. The Morgan fingerprint density at radius 2 is 1.39 bits per heavy atom. The zero-order chi connectivity index (χ0) is 25.7. The second-order valence-corrected chi connectivity index (χ2v) is 10.1. The molecule has 10 heteroatoms. The van der Waals surface area contributed by atoms with Crippen molar-refractivity contribution >= 4 is 35.5 Å². The van der Waals surface area contributed by atoms with E-state index in [0.29, 0.717) is 18.6 Å². The van der Waals surface area contributed by atoms with Crippen LogP contribution in [0.15, 0.2) is 0 Å². The van der Waals surface area contributed by atoms with E-state index in [-0.39, 0.29) is 24.2 Å². The number of nitrogens with two attached hydrogens (primary N) is 1. The zero-order valence-corrected chi connectivity index (χ0v) is 22.0. The van der Waals surface area contributed by atoms with Crippen molar-refractivity contribution in [1.29, 1.82) is 0 Å². The van der Waals surface area contributed by atoms with Crippen molar-refractivity contribution in [3.8, 4) is 0 Å². The molecule has 0 heterocycles. The molecular weight excluding hydrogens is 444 g/mol. The molecule has 0 aromatic rings. The number of carbonyl (C=O) groups is 4. The summed E-state index contributed by atoms with van der Waals surface area (Å²) in [5.74, 6) is -2.12. The lowest BCUT2D eigenvalue weighted by atomic mass is 9.96. The summed E-state index contributed by atoms with van der Waals surface area (Å²) in [6.45, 7) is 11.3. The van der Waals surface area contributed by atoms with Crippen LogP contribution in [0.25, 0.3) is 0 Å². The molecule has 3 amide bonds. The van der Waals surface area contributed by atoms with E-state index in [9.17, 15) is 24.3 Å². The van der Waals surface area contributed by atoms with Gasteiger partial charge in [0.05, 0.1) is 6.04 Å². The van der Waals surface area contributed by atoms with Gasteiger partial charge < -0.3 is 26.8 Å². The molecule has 0 aliphatic rings. The Bertz CT molecular complexity index is 646. The maximum atomic E-state index is 13.1. The van der Waals surface area contributed by atoms with Gasteiger partial charge >= 0.3 is 5.97 Å². The van der Waals surface area contributed by atoms with Gasteiger partial charge in [-0.15, -0.1) is 0 Å². The first kappa shape index (κ1) is 31.2. The summed E-state index contributed by atoms with van der Waals surface area (Å²) < 4.78 is 0. The summed E-state index contributed by atoms with van der Waals surface area (Å²) in [4.78, 5) is 50.2. The highest BCUT2D eigenvalue weighted by Gasteiger charge is 2.33. The molecule has 6 N–H and O–H groups in total. The van der Waals surface area contributed by atoms with Crippen LogP contribution in [0.4, 0.5) is 0 Å². The van der Waals surface area contributed by atoms with Crippen molar-refractivity contribution in [2.45, 2.75) is 91.4 Å². The number of nitrogens with one attached hydrogen (secondary N) is 3. The quantitative estimate of drug-likeness (QED) is 0.222. The van der Waals surface area contributed by atoms with E-state index in [1.54, 1.807) is 0 Å². The van der Waals surface area contributed by atoms with Gasteiger partial charge in [0.1, 0.15) is 18.1 Å². The van der Waals surface area contributed by atoms with Crippen LogP contribution in [0, 0.1) is 17.8 Å². The standard InChI is InChI=1S/C23H44N4O5S/c1-8-14(5)18(24)21(29)25-16(10-11-33-7)20(28)27-19(15(6)9-2)22(30)26-17(23(31)32)12-13(3)4/h13-19H,8-12,24H2,1-7H3,(H,25,29)(H,26,30)(H,27,28)(H,31,32). The molecule has 0 rings (SSSR count). The average molecular weight is 489 g/mol. The molecule has 0 spiro atoms. The smallest absolute Gasteiger partial charge is 0.326 e. The van der Waals surface area contributed by atoms with Crippen LogP contribution in [0.2, 0.25) is 0 Å². The largest absolute Gasteiger partial charge is 0.480 e. The monoisotopic (exact) mass is 488 g/mol. The highest BCUT2D eigenvalue weighted by molar-refractivity contribution is 7.98. The summed E-state index contributed by atoms with van der Waals surface area (Å²) in [7, 11) is 0. The first-order valence-electron chi connectivity index (χ1n) is 11.8. The first-order chi connectivity index (χ1) is 15.4. The van der Waals surface area contributed by atoms with Gasteiger partial charge in [0, 0.05) is 0 Å². The molecule has 0 aromatic carbocycles. The highest BCUT2D eigenvalue weighted by atomic mass is 32.2. The van der Waals surface area contributed by atoms with Crippen molar-refractivity contribution in [1.82, 2.24) is 16.0 Å². The van der Waals surface area contributed by atoms with E-state index in [0.717, 1.165) is 6.42 Å². The number of aliphatic carboxylic acids is 1. The van der Waals surface area contributed by atoms with Crippen molar-refractivity contribution in [3.05, 3.63) is 0 Å². The zero-order valence-electron chi connectivity index (χ0n) is 21.1. The number of carboxylic acids is 1. The van der Waals surface area contributed by atoms with Crippen LogP contribution >= 0.6 is 11.8 Å². The molecule has 33 heavy (non-hydrogen) atoms. The molecule has 0 radical (unpaired) electrons. The van der Waals surface area contributed by atoms with E-state index < -0.39 is 47.9 Å². The van der Waals surface area contributed by atoms with Crippen LogP contribution < -0.4 is 21.7 Å². The van der Waals surface area contributed by atoms with Gasteiger partial charge in [0.15, 0.2) is 0 Å². The normalized spacial score (nSPS) is 16.8. The molecule has 0 fully saturated rings. The van der Waals surface area contributed by atoms with E-state index >= 15 is 0 Å². The minimum absolute atomic E-state index is 0.0400. The van der Waals surface area contributed by atoms with Gasteiger partial charge in [-0.25, -0.2) is 4.79 Å². The van der Waals surface area contributed by atoms with E-state index in [1.165, 1.54) is 11.8 Å². The number of amides is 3. The molecule has 0 aliphatic heterocycles. The SMILES string of the molecule is CCC(C)C(N)C(=O)NC(CCSC)C(=O)NC(C(=O)NC(CC(C)C)C(=O)O)C(C)CC. The van der Waals surface area contributed by atoms with E-state index in [1.807, 2.05) is 47.8 Å². The van der Waals surface area contributed by atoms with E-state index in [4.69, 9.17) is 5.73 Å². The molecule has 9 nitrogen and oxygen atoms in total. The van der Waals surface area contributed by atoms with Gasteiger partial charge in [-0.3, -0.25) is 14.4 Å². The first-order valence-corrected chi connectivity index (χ1v) is 13.2. The van der Waals surface area contributed by atoms with Crippen molar-refractivity contribution in [2.75, 3.05) is 12.0 Å². The Labute approximate surface area is 202 Å². The predicted molar refractivity (Wildman–Crippen MR) is 133 cm³/mol. The van der Waals surface area contributed by atoms with Crippen molar-refractivity contribution in [2.24, 2.45) is 23.5 Å². The Kier molecular flexibility index (Phi) is 15.1. The third-order valence-electron chi connectivity index (χ3n) is 5.92. The summed E-state index contributed by atoms with van der Waals surface area (Å²) in [5.41, 5.74) is 6.02. The molecule has 0 saturated carbocycles. The third kappa shape index (κ3) is 11.2. The summed E-state index contributed by atoms with van der Waals surface area (Å²) in [6.07, 6.45) is 3.89. The minimum atomic E-state index is -1.12. The van der Waals surface area contributed by atoms with Crippen molar-refractivity contribution in [3.63, 3.8) is 0 Å². The maximum Gasteiger partial charge on any atom is 0.326 e. The molecule has 192 valence electrons. The Morgan fingerprint density at radius 3 is 1.85 bits per heavy atom. The van der Waals surface area contributed by atoms with Crippen LogP contribution in [0.5, 0.6) is 0 Å². The topological polar surface area (TPSA) is 151 Å². The summed E-state index contributed by atoms with van der Waals surface area (Å²) in [6, 6.07) is -3.54. The lowest BCUT2D eigenvalue weighted by molar-refractivity contribution is -0.143. The van der Waals surface area contributed by atoms with Gasteiger partial charge in [-0.1, -0.05) is 54.4 Å². The second-order valence-electron chi connectivity index (χ2n) is 9.15. The van der Waals surface area contributed by atoms with Gasteiger partial charge in [0.2, 0.25) is 17.7 Å². The minimum Gasteiger partial charge on any atom is -0.480 e. The lowest BCUT2D eigenvalue weighted by Gasteiger charge is -2.28. The number of rotatable bonds is 16. The van der Waals surface area contributed by atoms with Crippen LogP contribution in [0.1, 0.15) is 67.2 Å². The highest BCUT2D eigenvalue weighted by Crippen LogP contribution is 2.12. The summed E-state index contributed by atoms with van der Waals surface area (Å²) >= 11 is 1.54. The molecule has 0 saturated heterocycles. The number of hydrogen-bond acceptors (Lipinski definition) is 6. The second kappa shape index (κ2) is 15.9. The van der Waals surface area contributed by atoms with Gasteiger partial charge in [-0.2, -0.15) is 11.8 Å². The Balaban J connectivity index is 5.55. The van der Waals surface area contributed by atoms with Crippen LogP contribution in [-0.2, 0) is 19.2 Å². The van der Waals surface area contributed by atoms with Crippen molar-refractivity contribution < 1.29 is 24.3 Å². The molecular formula is C23H44N4O5S. The van der Waals surface area contributed by atoms with Crippen LogP contribution in [-0.4, -0.2) is 65.0 Å². The molecule has 0 bridgehead atoms. The number of carbonyl (C=O) groups excluding carboxylic acids is 3. The Hall–Kier alpha value is -1.81. The van der Waals surface area contributed by atoms with Crippen LogP contribution in [0.3, 0.4) is 0 Å². The molecule has 0 aliphatic carbocycles. The number of thioether (sulfide) groups is 1. The number of carboxylic acid groups (broad SMARTS) is 1. The summed E-state index contributed by atoms with van der Waals surface area (Å²) in [5, 5.41) is 17.5. The molecule has 6 atom stereocenters. The fraction of sp³-hybridized carbons (Fsp3) is 0.826. The van der Waals surface area contributed by atoms with Gasteiger partial charge in [-0.05, 0) is 42.6 Å². The number of hydrogen-bond donors (Lipinski definition) is 5. The third-order valence-corrected chi connectivity index (χ3v) is 6.56.